The van der Waals surface area contributed by atoms with Gasteiger partial charge < -0.3 is 15.8 Å². The number of nitrogens with one attached hydrogen (secondary N) is 1. The lowest BCUT2D eigenvalue weighted by molar-refractivity contribution is -0.170. The first kappa shape index (κ1) is 17.4. The topological polar surface area (TPSA) is 64.3 Å². The molecule has 1 aliphatic carbocycles. The third-order valence-corrected chi connectivity index (χ3v) is 5.43. The van der Waals surface area contributed by atoms with E-state index in [4.69, 9.17) is 10.5 Å². The SMILES string of the molecule is CCOC1CC(N)(C(=O)NCc2ccc(F)cc2Br)C1(C)C. The van der Waals surface area contributed by atoms with Crippen molar-refractivity contribution in [3.8, 4) is 0 Å². The van der Waals surface area contributed by atoms with Gasteiger partial charge in [0.25, 0.3) is 0 Å². The van der Waals surface area contributed by atoms with Gasteiger partial charge in [0.1, 0.15) is 11.4 Å². The molecule has 22 heavy (non-hydrogen) atoms. The van der Waals surface area contributed by atoms with Crippen LogP contribution in [0.4, 0.5) is 4.39 Å². The van der Waals surface area contributed by atoms with Crippen LogP contribution in [-0.2, 0) is 16.1 Å². The maximum Gasteiger partial charge on any atom is 0.241 e. The largest absolute Gasteiger partial charge is 0.378 e. The quantitative estimate of drug-likeness (QED) is 0.834. The van der Waals surface area contributed by atoms with Crippen LogP contribution in [0.3, 0.4) is 0 Å². The molecule has 0 saturated heterocycles. The highest BCUT2D eigenvalue weighted by Gasteiger charge is 2.62. The summed E-state index contributed by atoms with van der Waals surface area (Å²) in [6.07, 6.45) is 0.496. The molecule has 1 aromatic rings. The number of hydrogen-bond donors (Lipinski definition) is 2. The van der Waals surface area contributed by atoms with E-state index < -0.39 is 11.0 Å². The Morgan fingerprint density at radius 2 is 2.23 bits per heavy atom. The van der Waals surface area contributed by atoms with Crippen molar-refractivity contribution in [2.24, 2.45) is 11.1 Å². The number of carbonyl (C=O) groups is 1. The molecule has 3 N–H and O–H groups in total. The van der Waals surface area contributed by atoms with Gasteiger partial charge in [-0.15, -0.1) is 0 Å². The van der Waals surface area contributed by atoms with Crippen LogP contribution in [-0.4, -0.2) is 24.2 Å². The van der Waals surface area contributed by atoms with Gasteiger partial charge in [0.05, 0.1) is 6.10 Å². The fraction of sp³-hybridized carbons (Fsp3) is 0.562. The van der Waals surface area contributed by atoms with E-state index in [0.717, 1.165) is 5.56 Å². The number of ether oxygens (including phenoxy) is 1. The summed E-state index contributed by atoms with van der Waals surface area (Å²) in [5, 5.41) is 2.85. The highest BCUT2D eigenvalue weighted by Crippen LogP contribution is 2.49. The number of halogens is 2. The molecule has 0 aromatic heterocycles. The Bertz CT molecular complexity index is 579. The lowest BCUT2D eigenvalue weighted by Gasteiger charge is -2.57. The molecule has 1 aliphatic rings. The Morgan fingerprint density at radius 3 is 2.77 bits per heavy atom. The second-order valence-corrected chi connectivity index (χ2v) is 7.11. The van der Waals surface area contributed by atoms with Gasteiger partial charge in [-0.1, -0.05) is 35.8 Å². The molecule has 2 unspecified atom stereocenters. The van der Waals surface area contributed by atoms with Crippen LogP contribution < -0.4 is 11.1 Å². The average Bonchev–Trinajstić information content (AvgIpc) is 2.45. The first-order valence-corrected chi connectivity index (χ1v) is 8.14. The van der Waals surface area contributed by atoms with Crippen molar-refractivity contribution in [1.29, 1.82) is 0 Å². The predicted octanol–water partition coefficient (Wildman–Crippen LogP) is 2.74. The molecular weight excluding hydrogens is 351 g/mol. The van der Waals surface area contributed by atoms with E-state index in [0.29, 0.717) is 24.0 Å². The first-order chi connectivity index (χ1) is 10.2. The molecule has 1 saturated carbocycles. The lowest BCUT2D eigenvalue weighted by atomic mass is 9.54. The lowest BCUT2D eigenvalue weighted by Crippen LogP contribution is -2.75. The zero-order chi connectivity index (χ0) is 16.5. The van der Waals surface area contributed by atoms with E-state index in [1.807, 2.05) is 20.8 Å². The molecule has 0 heterocycles. The summed E-state index contributed by atoms with van der Waals surface area (Å²) in [6, 6.07) is 4.37. The number of hydrogen-bond acceptors (Lipinski definition) is 3. The summed E-state index contributed by atoms with van der Waals surface area (Å²) in [6.45, 7) is 6.73. The molecular formula is C16H22BrFN2O2. The number of amides is 1. The second-order valence-electron chi connectivity index (χ2n) is 6.26. The molecule has 0 spiro atoms. The minimum atomic E-state index is -0.945. The van der Waals surface area contributed by atoms with Crippen molar-refractivity contribution >= 4 is 21.8 Å². The fourth-order valence-electron chi connectivity index (χ4n) is 2.82. The summed E-state index contributed by atoms with van der Waals surface area (Å²) in [5.74, 6) is -0.526. The Labute approximate surface area is 138 Å². The zero-order valence-electron chi connectivity index (χ0n) is 13.1. The van der Waals surface area contributed by atoms with Gasteiger partial charge in [-0.2, -0.15) is 0 Å². The van der Waals surface area contributed by atoms with Crippen molar-refractivity contribution in [2.45, 2.75) is 45.4 Å². The summed E-state index contributed by atoms with van der Waals surface area (Å²) in [7, 11) is 0. The van der Waals surface area contributed by atoms with E-state index in [9.17, 15) is 9.18 Å². The fourth-order valence-corrected chi connectivity index (χ4v) is 3.31. The van der Waals surface area contributed by atoms with Crippen LogP contribution in [0.25, 0.3) is 0 Å². The number of nitrogens with two attached hydrogens (primary N) is 1. The van der Waals surface area contributed by atoms with Gasteiger partial charge in [0.15, 0.2) is 0 Å². The summed E-state index contributed by atoms with van der Waals surface area (Å²) >= 11 is 3.29. The van der Waals surface area contributed by atoms with E-state index in [2.05, 4.69) is 21.2 Å². The van der Waals surface area contributed by atoms with Gasteiger partial charge in [-0.3, -0.25) is 4.79 Å². The van der Waals surface area contributed by atoms with Gasteiger partial charge in [-0.25, -0.2) is 4.39 Å². The molecule has 2 rings (SSSR count). The van der Waals surface area contributed by atoms with Gasteiger partial charge in [0, 0.05) is 29.5 Å². The van der Waals surface area contributed by atoms with Crippen LogP contribution in [0.5, 0.6) is 0 Å². The van der Waals surface area contributed by atoms with E-state index >= 15 is 0 Å². The number of carbonyl (C=O) groups excluding carboxylic acids is 1. The molecule has 1 amide bonds. The second kappa shape index (κ2) is 6.26. The van der Waals surface area contributed by atoms with Crippen molar-refractivity contribution in [3.05, 3.63) is 34.1 Å². The van der Waals surface area contributed by atoms with Crippen molar-refractivity contribution in [1.82, 2.24) is 5.32 Å². The molecule has 0 bridgehead atoms. The molecule has 4 nitrogen and oxygen atoms in total. The van der Waals surface area contributed by atoms with Crippen molar-refractivity contribution in [2.75, 3.05) is 6.61 Å². The number of rotatable bonds is 5. The minimum Gasteiger partial charge on any atom is -0.378 e. The molecule has 2 atom stereocenters. The van der Waals surface area contributed by atoms with Gasteiger partial charge in [-0.05, 0) is 24.6 Å². The normalized spacial score (nSPS) is 26.4. The summed E-state index contributed by atoms with van der Waals surface area (Å²) in [5.41, 5.74) is 5.74. The van der Waals surface area contributed by atoms with Crippen molar-refractivity contribution < 1.29 is 13.9 Å². The van der Waals surface area contributed by atoms with Crippen LogP contribution in [0.1, 0.15) is 32.8 Å². The van der Waals surface area contributed by atoms with Gasteiger partial charge in [0.2, 0.25) is 5.91 Å². The Balaban J connectivity index is 2.01. The molecule has 1 fully saturated rings. The summed E-state index contributed by atoms with van der Waals surface area (Å²) < 4.78 is 19.3. The monoisotopic (exact) mass is 372 g/mol. The maximum atomic E-state index is 13.1. The molecule has 0 radical (unpaired) electrons. The predicted molar refractivity (Wildman–Crippen MR) is 86.7 cm³/mol. The first-order valence-electron chi connectivity index (χ1n) is 7.35. The minimum absolute atomic E-state index is 0.00851. The molecule has 1 aromatic carbocycles. The highest BCUT2D eigenvalue weighted by molar-refractivity contribution is 9.10. The van der Waals surface area contributed by atoms with Crippen LogP contribution in [0, 0.1) is 11.2 Å². The molecule has 6 heteroatoms. The summed E-state index contributed by atoms with van der Waals surface area (Å²) in [4.78, 5) is 12.5. The highest BCUT2D eigenvalue weighted by atomic mass is 79.9. The number of benzene rings is 1. The Morgan fingerprint density at radius 1 is 1.55 bits per heavy atom. The maximum absolute atomic E-state index is 13.1. The zero-order valence-corrected chi connectivity index (χ0v) is 14.7. The smallest absolute Gasteiger partial charge is 0.241 e. The Kier molecular flexibility index (Phi) is 4.94. The van der Waals surface area contributed by atoms with E-state index in [1.54, 1.807) is 6.07 Å². The van der Waals surface area contributed by atoms with Crippen LogP contribution in [0.15, 0.2) is 22.7 Å². The molecule has 0 aliphatic heterocycles. The van der Waals surface area contributed by atoms with Gasteiger partial charge >= 0.3 is 0 Å². The Hall–Kier alpha value is -0.980. The molecule has 122 valence electrons. The third kappa shape index (κ3) is 2.92. The average molecular weight is 373 g/mol. The third-order valence-electron chi connectivity index (χ3n) is 4.69. The standard InChI is InChI=1S/C16H22BrFN2O2/c1-4-22-13-8-16(19,15(13,2)3)14(21)20-9-10-5-6-11(18)7-12(10)17/h5-7,13H,4,8-9,19H2,1-3H3,(H,20,21). The van der Waals surface area contributed by atoms with Crippen molar-refractivity contribution in [3.63, 3.8) is 0 Å². The van der Waals surface area contributed by atoms with Crippen LogP contribution >= 0.6 is 15.9 Å². The van der Waals surface area contributed by atoms with E-state index in [1.165, 1.54) is 12.1 Å². The van der Waals surface area contributed by atoms with E-state index in [-0.39, 0.29) is 17.8 Å². The van der Waals surface area contributed by atoms with Crippen LogP contribution in [0.2, 0.25) is 0 Å².